The Morgan fingerprint density at radius 1 is 1.33 bits per heavy atom. The first-order valence-corrected chi connectivity index (χ1v) is 3.26. The smallest absolute Gasteiger partial charge is 0.290 e. The molecular weight excluding hydrogens is 161 g/mol. The number of halogens is 1. The van der Waals surface area contributed by atoms with Crippen molar-refractivity contribution in [1.29, 1.82) is 0 Å². The summed E-state index contributed by atoms with van der Waals surface area (Å²) in [6.07, 6.45) is 2.32. The predicted molar refractivity (Wildman–Crippen MR) is 40.1 cm³/mol. The third-order valence-electron chi connectivity index (χ3n) is 1.43. The minimum atomic E-state index is -0.485. The maximum atomic E-state index is 12.6. The van der Waals surface area contributed by atoms with Crippen molar-refractivity contribution in [3.63, 3.8) is 0 Å². The number of pyridine rings is 1. The van der Waals surface area contributed by atoms with Gasteiger partial charge >= 0.3 is 5.69 Å². The maximum Gasteiger partial charge on any atom is 0.346 e. The average molecular weight is 165 g/mol. The molecule has 0 saturated carbocycles. The highest BCUT2D eigenvalue weighted by atomic mass is 19.1. The number of hydrogen-bond donors (Lipinski definition) is 1. The standard InChI is InChI=1S/C7H4FN3O/c8-5-1-4-2-10-7(12)11-6(4)9-3-5/h1-3H,(H,9,10,11,12). The van der Waals surface area contributed by atoms with Crippen LogP contribution in [0.3, 0.4) is 0 Å². The molecule has 0 atom stereocenters. The van der Waals surface area contributed by atoms with Gasteiger partial charge in [0, 0.05) is 11.6 Å². The summed E-state index contributed by atoms with van der Waals surface area (Å²) in [5, 5.41) is 0.481. The number of nitrogens with zero attached hydrogens (tertiary/aromatic N) is 2. The molecule has 0 aliphatic rings. The number of hydrogen-bond acceptors (Lipinski definition) is 3. The second kappa shape index (κ2) is 2.37. The Bertz CT molecular complexity index is 479. The molecule has 0 saturated heterocycles. The van der Waals surface area contributed by atoms with Crippen molar-refractivity contribution in [1.82, 2.24) is 15.0 Å². The first kappa shape index (κ1) is 6.90. The van der Waals surface area contributed by atoms with E-state index in [1.54, 1.807) is 0 Å². The van der Waals surface area contributed by atoms with Gasteiger partial charge in [0.1, 0.15) is 11.5 Å². The van der Waals surface area contributed by atoms with Gasteiger partial charge in [-0.1, -0.05) is 0 Å². The summed E-state index contributed by atoms with van der Waals surface area (Å²) >= 11 is 0. The van der Waals surface area contributed by atoms with Crippen LogP contribution in [0.5, 0.6) is 0 Å². The van der Waals surface area contributed by atoms with Crippen LogP contribution in [0.4, 0.5) is 4.39 Å². The SMILES string of the molecule is O=c1ncc2cc(F)cnc2[nH]1. The minimum absolute atomic E-state index is 0.344. The number of aromatic nitrogens is 3. The van der Waals surface area contributed by atoms with Gasteiger partial charge in [-0.3, -0.25) is 4.98 Å². The number of H-pyrrole nitrogens is 1. The predicted octanol–water partition coefficient (Wildman–Crippen LogP) is 0.457. The molecule has 2 aromatic rings. The van der Waals surface area contributed by atoms with Crippen molar-refractivity contribution >= 4 is 11.0 Å². The zero-order valence-corrected chi connectivity index (χ0v) is 5.91. The quantitative estimate of drug-likeness (QED) is 0.616. The lowest BCUT2D eigenvalue weighted by Gasteiger charge is -1.93. The van der Waals surface area contributed by atoms with Crippen LogP contribution < -0.4 is 5.69 Å². The molecule has 0 aliphatic heterocycles. The fourth-order valence-electron chi connectivity index (χ4n) is 0.920. The van der Waals surface area contributed by atoms with E-state index < -0.39 is 11.5 Å². The zero-order valence-electron chi connectivity index (χ0n) is 5.91. The molecule has 4 nitrogen and oxygen atoms in total. The van der Waals surface area contributed by atoms with Crippen molar-refractivity contribution in [3.05, 3.63) is 34.8 Å². The lowest BCUT2D eigenvalue weighted by Crippen LogP contribution is -2.09. The molecular formula is C7H4FN3O. The van der Waals surface area contributed by atoms with Crippen LogP contribution in [0.25, 0.3) is 11.0 Å². The normalized spacial score (nSPS) is 10.4. The highest BCUT2D eigenvalue weighted by Crippen LogP contribution is 2.05. The second-order valence-corrected chi connectivity index (χ2v) is 2.28. The summed E-state index contributed by atoms with van der Waals surface area (Å²) in [5.74, 6) is -0.448. The summed E-state index contributed by atoms with van der Waals surface area (Å²) in [6.45, 7) is 0. The molecule has 60 valence electrons. The Morgan fingerprint density at radius 3 is 3.00 bits per heavy atom. The van der Waals surface area contributed by atoms with E-state index in [0.717, 1.165) is 6.20 Å². The molecule has 5 heteroatoms. The number of nitrogens with one attached hydrogen (secondary N) is 1. The number of aromatic amines is 1. The molecule has 2 aromatic heterocycles. The van der Waals surface area contributed by atoms with Gasteiger partial charge in [0.2, 0.25) is 0 Å². The minimum Gasteiger partial charge on any atom is -0.290 e. The molecule has 0 amide bonds. The van der Waals surface area contributed by atoms with Crippen LogP contribution in [0.15, 0.2) is 23.3 Å². The highest BCUT2D eigenvalue weighted by molar-refractivity contribution is 5.72. The topological polar surface area (TPSA) is 58.6 Å². The molecule has 0 bridgehead atoms. The van der Waals surface area contributed by atoms with Crippen molar-refractivity contribution in [2.45, 2.75) is 0 Å². The molecule has 2 rings (SSSR count). The third-order valence-corrected chi connectivity index (χ3v) is 1.43. The van der Waals surface area contributed by atoms with Gasteiger partial charge in [-0.25, -0.2) is 19.2 Å². The fraction of sp³-hybridized carbons (Fsp3) is 0. The van der Waals surface area contributed by atoms with E-state index in [0.29, 0.717) is 11.0 Å². The lowest BCUT2D eigenvalue weighted by molar-refractivity contribution is 0.624. The van der Waals surface area contributed by atoms with Crippen molar-refractivity contribution in [3.8, 4) is 0 Å². The molecule has 2 heterocycles. The van der Waals surface area contributed by atoms with Crippen LogP contribution in [-0.4, -0.2) is 15.0 Å². The van der Waals surface area contributed by atoms with E-state index in [2.05, 4.69) is 15.0 Å². The van der Waals surface area contributed by atoms with Gasteiger partial charge < -0.3 is 0 Å². The summed E-state index contributed by atoms with van der Waals surface area (Å²) < 4.78 is 12.6. The van der Waals surface area contributed by atoms with Gasteiger partial charge in [0.15, 0.2) is 0 Å². The molecule has 12 heavy (non-hydrogen) atoms. The average Bonchev–Trinajstić information content (AvgIpc) is 2.05. The highest BCUT2D eigenvalue weighted by Gasteiger charge is 1.97. The number of rotatable bonds is 0. The van der Waals surface area contributed by atoms with Gasteiger partial charge in [0.25, 0.3) is 0 Å². The van der Waals surface area contributed by atoms with Gasteiger partial charge in [-0.2, -0.15) is 0 Å². The van der Waals surface area contributed by atoms with Crippen LogP contribution >= 0.6 is 0 Å². The Balaban J connectivity index is 2.87. The first-order chi connectivity index (χ1) is 5.75. The maximum absolute atomic E-state index is 12.6. The molecule has 0 radical (unpaired) electrons. The summed E-state index contributed by atoms with van der Waals surface area (Å²) in [5.41, 5.74) is -0.141. The Morgan fingerprint density at radius 2 is 2.17 bits per heavy atom. The molecule has 0 unspecified atom stereocenters. The second-order valence-electron chi connectivity index (χ2n) is 2.28. The Labute approximate surface area is 66.1 Å². The molecule has 1 N–H and O–H groups in total. The molecule has 0 aromatic carbocycles. The van der Waals surface area contributed by atoms with E-state index >= 15 is 0 Å². The summed E-state index contributed by atoms with van der Waals surface area (Å²) in [7, 11) is 0. The lowest BCUT2D eigenvalue weighted by atomic mass is 10.3. The van der Waals surface area contributed by atoms with Gasteiger partial charge in [-0.05, 0) is 6.07 Å². The van der Waals surface area contributed by atoms with Crippen LogP contribution in [0, 0.1) is 5.82 Å². The monoisotopic (exact) mass is 165 g/mol. The summed E-state index contributed by atoms with van der Waals surface area (Å²) in [6, 6.07) is 1.26. The van der Waals surface area contributed by atoms with Gasteiger partial charge in [0.05, 0.1) is 6.20 Å². The van der Waals surface area contributed by atoms with Crippen LogP contribution in [0.2, 0.25) is 0 Å². The van der Waals surface area contributed by atoms with E-state index in [4.69, 9.17) is 0 Å². The van der Waals surface area contributed by atoms with E-state index in [-0.39, 0.29) is 0 Å². The summed E-state index contributed by atoms with van der Waals surface area (Å²) in [4.78, 5) is 20.1. The fourth-order valence-corrected chi connectivity index (χ4v) is 0.920. The van der Waals surface area contributed by atoms with Crippen molar-refractivity contribution in [2.75, 3.05) is 0 Å². The largest absolute Gasteiger partial charge is 0.346 e. The van der Waals surface area contributed by atoms with Crippen LogP contribution in [-0.2, 0) is 0 Å². The Kier molecular flexibility index (Phi) is 1.36. The molecule has 0 spiro atoms. The van der Waals surface area contributed by atoms with Gasteiger partial charge in [-0.15, -0.1) is 0 Å². The van der Waals surface area contributed by atoms with E-state index in [1.165, 1.54) is 12.3 Å². The van der Waals surface area contributed by atoms with E-state index in [9.17, 15) is 9.18 Å². The van der Waals surface area contributed by atoms with Crippen molar-refractivity contribution in [2.24, 2.45) is 0 Å². The number of fused-ring (bicyclic) bond motifs is 1. The van der Waals surface area contributed by atoms with Crippen molar-refractivity contribution < 1.29 is 4.39 Å². The Hall–Kier alpha value is -1.78. The van der Waals surface area contributed by atoms with E-state index in [1.807, 2.05) is 0 Å². The first-order valence-electron chi connectivity index (χ1n) is 3.26. The molecule has 0 fully saturated rings. The van der Waals surface area contributed by atoms with Crippen LogP contribution in [0.1, 0.15) is 0 Å². The zero-order chi connectivity index (χ0) is 8.55. The third kappa shape index (κ3) is 1.05. The molecule has 0 aliphatic carbocycles.